The van der Waals surface area contributed by atoms with Gasteiger partial charge in [0.1, 0.15) is 11.6 Å². The van der Waals surface area contributed by atoms with Gasteiger partial charge >= 0.3 is 0 Å². The molecule has 0 aliphatic rings. The summed E-state index contributed by atoms with van der Waals surface area (Å²) in [5, 5.41) is 0. The fraction of sp³-hybridized carbons (Fsp3) is 0.333. The van der Waals surface area contributed by atoms with Crippen molar-refractivity contribution in [3.63, 3.8) is 0 Å². The van der Waals surface area contributed by atoms with Gasteiger partial charge in [0.25, 0.3) is 0 Å². The van der Waals surface area contributed by atoms with Gasteiger partial charge in [0.15, 0.2) is 0 Å². The van der Waals surface area contributed by atoms with Crippen LogP contribution in [0.2, 0.25) is 0 Å². The number of hydrogen-bond donors (Lipinski definition) is 0. The Kier molecular flexibility index (Phi) is 2.54. The summed E-state index contributed by atoms with van der Waals surface area (Å²) in [6.07, 6.45) is 5.60. The molecule has 2 heterocycles. The van der Waals surface area contributed by atoms with Crippen LogP contribution < -0.4 is 0 Å². The largest absolute Gasteiger partial charge is 0.288 e. The zero-order chi connectivity index (χ0) is 10.8. The Morgan fingerprint density at radius 3 is 2.67 bits per heavy atom. The normalized spacial score (nSPS) is 10.9. The van der Waals surface area contributed by atoms with Crippen LogP contribution in [0.4, 0.5) is 0 Å². The zero-order valence-corrected chi connectivity index (χ0v) is 9.31. The Labute approximate surface area is 89.8 Å². The first kappa shape index (κ1) is 9.90. The number of nitrogens with zero attached hydrogens (tertiary/aromatic N) is 3. The van der Waals surface area contributed by atoms with Gasteiger partial charge < -0.3 is 0 Å². The minimum absolute atomic E-state index is 0.405. The predicted octanol–water partition coefficient (Wildman–Crippen LogP) is 2.70. The molecule has 0 aliphatic heterocycles. The number of aromatic nitrogens is 3. The quantitative estimate of drug-likeness (QED) is 0.748. The number of rotatable bonds is 2. The van der Waals surface area contributed by atoms with Crippen LogP contribution in [0.3, 0.4) is 0 Å². The smallest absolute Gasteiger partial charge is 0.138 e. The second kappa shape index (κ2) is 3.85. The fourth-order valence-electron chi connectivity index (χ4n) is 1.59. The van der Waals surface area contributed by atoms with E-state index in [1.165, 1.54) is 5.56 Å². The van der Waals surface area contributed by atoms with Crippen molar-refractivity contribution in [3.8, 4) is 5.82 Å². The molecule has 0 saturated heterocycles. The van der Waals surface area contributed by atoms with Gasteiger partial charge in [-0.1, -0.05) is 13.8 Å². The minimum atomic E-state index is 0.405. The summed E-state index contributed by atoms with van der Waals surface area (Å²) in [7, 11) is 0. The summed E-state index contributed by atoms with van der Waals surface area (Å²) in [6.45, 7) is 6.33. The highest BCUT2D eigenvalue weighted by molar-refractivity contribution is 5.29. The lowest BCUT2D eigenvalue weighted by Gasteiger charge is -2.09. The molecule has 0 spiro atoms. The number of aryl methyl sites for hydroxylation is 1. The Morgan fingerprint density at radius 2 is 2.00 bits per heavy atom. The van der Waals surface area contributed by atoms with Crippen molar-refractivity contribution in [2.75, 3.05) is 0 Å². The van der Waals surface area contributed by atoms with Gasteiger partial charge in [-0.25, -0.2) is 9.97 Å². The lowest BCUT2D eigenvalue weighted by molar-refractivity contribution is 0.743. The molecule has 0 aliphatic carbocycles. The van der Waals surface area contributed by atoms with Crippen molar-refractivity contribution in [1.29, 1.82) is 0 Å². The first-order valence-corrected chi connectivity index (χ1v) is 5.15. The second-order valence-corrected chi connectivity index (χ2v) is 4.00. The van der Waals surface area contributed by atoms with E-state index in [1.54, 1.807) is 0 Å². The van der Waals surface area contributed by atoms with E-state index in [0.717, 1.165) is 11.6 Å². The van der Waals surface area contributed by atoms with Crippen molar-refractivity contribution in [1.82, 2.24) is 14.5 Å². The summed E-state index contributed by atoms with van der Waals surface area (Å²) in [6, 6.07) is 4.06. The summed E-state index contributed by atoms with van der Waals surface area (Å²) in [5.41, 5.74) is 1.21. The maximum absolute atomic E-state index is 4.35. The molecule has 0 amide bonds. The van der Waals surface area contributed by atoms with Crippen molar-refractivity contribution < 1.29 is 0 Å². The first-order chi connectivity index (χ1) is 7.18. The Bertz CT molecular complexity index is 457. The summed E-state index contributed by atoms with van der Waals surface area (Å²) in [5.74, 6) is 2.40. The number of pyridine rings is 1. The summed E-state index contributed by atoms with van der Waals surface area (Å²) in [4.78, 5) is 8.69. The molecule has 0 N–H and O–H groups in total. The molecule has 0 atom stereocenters. The average Bonchev–Trinajstić information content (AvgIpc) is 2.65. The molecule has 78 valence electrons. The molecule has 2 rings (SSSR count). The van der Waals surface area contributed by atoms with Crippen molar-refractivity contribution in [2.24, 2.45) is 0 Å². The van der Waals surface area contributed by atoms with Gasteiger partial charge in [-0.3, -0.25) is 4.57 Å². The molecule has 0 radical (unpaired) electrons. The molecule has 2 aromatic heterocycles. The Balaban J connectivity index is 2.49. The van der Waals surface area contributed by atoms with Gasteiger partial charge in [0.05, 0.1) is 0 Å². The fourth-order valence-corrected chi connectivity index (χ4v) is 1.59. The van der Waals surface area contributed by atoms with E-state index >= 15 is 0 Å². The van der Waals surface area contributed by atoms with Crippen LogP contribution in [0.15, 0.2) is 30.7 Å². The van der Waals surface area contributed by atoms with Crippen molar-refractivity contribution in [2.45, 2.75) is 26.7 Å². The third-order valence-corrected chi connectivity index (χ3v) is 2.33. The molecular formula is C12H15N3. The lowest BCUT2D eigenvalue weighted by Crippen LogP contribution is -2.04. The molecule has 0 saturated carbocycles. The van der Waals surface area contributed by atoms with Crippen LogP contribution in [0, 0.1) is 6.92 Å². The van der Waals surface area contributed by atoms with Gasteiger partial charge in [-0.2, -0.15) is 0 Å². The zero-order valence-electron chi connectivity index (χ0n) is 9.31. The SMILES string of the molecule is Cc1ccnc(-n2ccnc2C(C)C)c1. The topological polar surface area (TPSA) is 30.7 Å². The van der Waals surface area contributed by atoms with Gasteiger partial charge in [-0.05, 0) is 24.6 Å². The van der Waals surface area contributed by atoms with Crippen LogP contribution in [0.25, 0.3) is 5.82 Å². The highest BCUT2D eigenvalue weighted by Crippen LogP contribution is 2.16. The Hall–Kier alpha value is -1.64. The monoisotopic (exact) mass is 201 g/mol. The third kappa shape index (κ3) is 1.91. The lowest BCUT2D eigenvalue weighted by atomic mass is 10.2. The number of imidazole rings is 1. The maximum atomic E-state index is 4.35. The van der Waals surface area contributed by atoms with Crippen LogP contribution in [0.5, 0.6) is 0 Å². The molecule has 2 aromatic rings. The summed E-state index contributed by atoms with van der Waals surface area (Å²) >= 11 is 0. The molecule has 0 unspecified atom stereocenters. The van der Waals surface area contributed by atoms with E-state index < -0.39 is 0 Å². The second-order valence-electron chi connectivity index (χ2n) is 4.00. The highest BCUT2D eigenvalue weighted by atomic mass is 15.1. The molecule has 15 heavy (non-hydrogen) atoms. The van der Waals surface area contributed by atoms with Gasteiger partial charge in [-0.15, -0.1) is 0 Å². The third-order valence-electron chi connectivity index (χ3n) is 2.33. The highest BCUT2D eigenvalue weighted by Gasteiger charge is 2.09. The van der Waals surface area contributed by atoms with Crippen LogP contribution in [-0.2, 0) is 0 Å². The molecule has 3 heteroatoms. The predicted molar refractivity (Wildman–Crippen MR) is 60.2 cm³/mol. The van der Waals surface area contributed by atoms with E-state index in [4.69, 9.17) is 0 Å². The van der Waals surface area contributed by atoms with Crippen LogP contribution in [-0.4, -0.2) is 14.5 Å². The minimum Gasteiger partial charge on any atom is -0.288 e. The maximum Gasteiger partial charge on any atom is 0.138 e. The van der Waals surface area contributed by atoms with Crippen LogP contribution >= 0.6 is 0 Å². The molecule has 0 fully saturated rings. The van der Waals surface area contributed by atoms with E-state index in [0.29, 0.717) is 5.92 Å². The Morgan fingerprint density at radius 1 is 1.20 bits per heavy atom. The first-order valence-electron chi connectivity index (χ1n) is 5.15. The molecule has 0 bridgehead atoms. The van der Waals surface area contributed by atoms with Gasteiger partial charge in [0.2, 0.25) is 0 Å². The molecule has 3 nitrogen and oxygen atoms in total. The van der Waals surface area contributed by atoms with E-state index in [9.17, 15) is 0 Å². The van der Waals surface area contributed by atoms with E-state index in [1.807, 2.05) is 29.2 Å². The molecular weight excluding hydrogens is 186 g/mol. The van der Waals surface area contributed by atoms with E-state index in [2.05, 4.69) is 36.8 Å². The van der Waals surface area contributed by atoms with Crippen molar-refractivity contribution in [3.05, 3.63) is 42.1 Å². The number of hydrogen-bond acceptors (Lipinski definition) is 2. The van der Waals surface area contributed by atoms with Crippen molar-refractivity contribution >= 4 is 0 Å². The van der Waals surface area contributed by atoms with E-state index in [-0.39, 0.29) is 0 Å². The van der Waals surface area contributed by atoms with Gasteiger partial charge in [0, 0.05) is 24.5 Å². The molecule has 0 aromatic carbocycles. The average molecular weight is 201 g/mol. The summed E-state index contributed by atoms with van der Waals surface area (Å²) < 4.78 is 2.04. The standard InChI is InChI=1S/C12H15N3/c1-9(2)12-14-6-7-15(12)11-8-10(3)4-5-13-11/h4-9H,1-3H3. The van der Waals surface area contributed by atoms with Crippen LogP contribution in [0.1, 0.15) is 31.2 Å².